The number of anilines is 1. The highest BCUT2D eigenvalue weighted by Gasteiger charge is 1.79. The van der Waals surface area contributed by atoms with Crippen LogP contribution < -0.4 is 3.53 Å². The minimum atomic E-state index is 1.15. The molecule has 0 fully saturated rings. The summed E-state index contributed by atoms with van der Waals surface area (Å²) in [4.78, 5) is 0. The van der Waals surface area contributed by atoms with Crippen LogP contribution in [0.5, 0.6) is 0 Å². The summed E-state index contributed by atoms with van der Waals surface area (Å²) in [6.07, 6.45) is 0. The van der Waals surface area contributed by atoms with Crippen LogP contribution in [0.1, 0.15) is 0 Å². The Kier molecular flexibility index (Phi) is 2.14. The van der Waals surface area contributed by atoms with E-state index in [-0.39, 0.29) is 0 Å². The summed E-state index contributed by atoms with van der Waals surface area (Å²) in [6, 6.07) is 10.0. The van der Waals surface area contributed by atoms with Crippen molar-refractivity contribution in [1.29, 1.82) is 0 Å². The van der Waals surface area contributed by atoms with Gasteiger partial charge in [-0.3, -0.25) is 0 Å². The maximum atomic E-state index is 3.00. The van der Waals surface area contributed by atoms with Crippen LogP contribution in [0, 0.1) is 0 Å². The van der Waals surface area contributed by atoms with Crippen molar-refractivity contribution in [1.82, 2.24) is 0 Å². The van der Waals surface area contributed by atoms with E-state index >= 15 is 0 Å². The third-order valence-corrected chi connectivity index (χ3v) is 1.51. The van der Waals surface area contributed by atoms with Gasteiger partial charge in [0.05, 0.1) is 22.9 Å². The van der Waals surface area contributed by atoms with Gasteiger partial charge in [-0.1, -0.05) is 18.2 Å². The number of hydrogen-bond donors (Lipinski definition) is 1. The van der Waals surface area contributed by atoms with E-state index in [9.17, 15) is 0 Å². The highest BCUT2D eigenvalue weighted by Crippen LogP contribution is 2.05. The minimum absolute atomic E-state index is 1.15. The van der Waals surface area contributed by atoms with Gasteiger partial charge in [-0.05, 0) is 12.1 Å². The van der Waals surface area contributed by atoms with Gasteiger partial charge in [0.25, 0.3) is 0 Å². The quantitative estimate of drug-likeness (QED) is 0.565. The van der Waals surface area contributed by atoms with Gasteiger partial charge in [0.1, 0.15) is 0 Å². The summed E-state index contributed by atoms with van der Waals surface area (Å²) in [5.74, 6) is 0. The highest BCUT2D eigenvalue weighted by molar-refractivity contribution is 14.1. The fourth-order valence-electron chi connectivity index (χ4n) is 0.501. The predicted molar refractivity (Wildman–Crippen MR) is 44.1 cm³/mol. The molecule has 0 saturated heterocycles. The molecule has 0 amide bonds. The van der Waals surface area contributed by atoms with Crippen molar-refractivity contribution in [3.8, 4) is 0 Å². The fraction of sp³-hybridized carbons (Fsp3) is 0. The Hall–Kier alpha value is -0.250. The molecule has 0 heterocycles. The molecule has 0 spiro atoms. The monoisotopic (exact) mass is 219 g/mol. The lowest BCUT2D eigenvalue weighted by Gasteiger charge is -1.91. The SMILES string of the molecule is INc1ccccc1. The van der Waals surface area contributed by atoms with Gasteiger partial charge >= 0.3 is 0 Å². The summed E-state index contributed by atoms with van der Waals surface area (Å²) < 4.78 is 3.00. The number of rotatable bonds is 1. The van der Waals surface area contributed by atoms with E-state index in [1.807, 2.05) is 30.3 Å². The minimum Gasteiger partial charge on any atom is -0.328 e. The lowest BCUT2D eigenvalue weighted by Crippen LogP contribution is -1.73. The molecule has 1 nitrogen and oxygen atoms in total. The van der Waals surface area contributed by atoms with Gasteiger partial charge in [0, 0.05) is 5.69 Å². The Morgan fingerprint density at radius 2 is 1.75 bits per heavy atom. The van der Waals surface area contributed by atoms with E-state index in [0.29, 0.717) is 0 Å². The van der Waals surface area contributed by atoms with E-state index < -0.39 is 0 Å². The normalized spacial score (nSPS) is 8.62. The molecule has 1 aromatic rings. The average Bonchev–Trinajstić information content (AvgIpc) is 1.90. The fourth-order valence-corrected chi connectivity index (χ4v) is 0.861. The Morgan fingerprint density at radius 3 is 2.12 bits per heavy atom. The molecular weight excluding hydrogens is 213 g/mol. The van der Waals surface area contributed by atoms with Gasteiger partial charge in [-0.2, -0.15) is 0 Å². The zero-order valence-electron chi connectivity index (χ0n) is 4.26. The van der Waals surface area contributed by atoms with Crippen molar-refractivity contribution >= 4 is 28.6 Å². The van der Waals surface area contributed by atoms with Crippen LogP contribution in [-0.2, 0) is 0 Å². The first-order valence-corrected chi connectivity index (χ1v) is 3.43. The molecule has 0 aliphatic heterocycles. The summed E-state index contributed by atoms with van der Waals surface area (Å²) in [6.45, 7) is 0. The summed E-state index contributed by atoms with van der Waals surface area (Å²) in [5, 5.41) is 0. The second-order valence-corrected chi connectivity index (χ2v) is 2.00. The number of halogens is 1. The van der Waals surface area contributed by atoms with Crippen LogP contribution >= 0.6 is 22.9 Å². The maximum Gasteiger partial charge on any atom is 0.0560 e. The number of nitrogens with one attached hydrogen (secondary N) is 1. The van der Waals surface area contributed by atoms with Crippen molar-refractivity contribution < 1.29 is 0 Å². The van der Waals surface area contributed by atoms with Gasteiger partial charge in [-0.25, -0.2) is 0 Å². The Morgan fingerprint density at radius 1 is 1.12 bits per heavy atom. The molecular formula is C6H6IN. The molecule has 0 aliphatic rings. The number of benzene rings is 1. The van der Waals surface area contributed by atoms with Crippen LogP contribution in [0.4, 0.5) is 5.69 Å². The average molecular weight is 219 g/mol. The lowest BCUT2D eigenvalue weighted by atomic mass is 10.3. The molecule has 0 unspecified atom stereocenters. The Labute approximate surface area is 62.6 Å². The van der Waals surface area contributed by atoms with Crippen LogP contribution in [0.25, 0.3) is 0 Å². The van der Waals surface area contributed by atoms with Crippen molar-refractivity contribution in [3.63, 3.8) is 0 Å². The zero-order valence-corrected chi connectivity index (χ0v) is 6.42. The second-order valence-electron chi connectivity index (χ2n) is 1.46. The first-order chi connectivity index (χ1) is 3.93. The molecule has 0 aromatic heterocycles. The zero-order chi connectivity index (χ0) is 5.82. The maximum absolute atomic E-state index is 3.00. The standard InChI is InChI=1S/C6H6IN/c7-8-6-4-2-1-3-5-6/h1-5,8H. The number of hydrogen-bond acceptors (Lipinski definition) is 1. The topological polar surface area (TPSA) is 12.0 Å². The molecule has 2 heteroatoms. The predicted octanol–water partition coefficient (Wildman–Crippen LogP) is 2.45. The van der Waals surface area contributed by atoms with Crippen molar-refractivity contribution in [2.45, 2.75) is 0 Å². The van der Waals surface area contributed by atoms with E-state index in [0.717, 1.165) is 5.69 Å². The smallest absolute Gasteiger partial charge is 0.0560 e. The van der Waals surface area contributed by atoms with E-state index in [2.05, 4.69) is 26.4 Å². The summed E-state index contributed by atoms with van der Waals surface area (Å²) >= 11 is 2.10. The van der Waals surface area contributed by atoms with E-state index in [1.54, 1.807) is 0 Å². The van der Waals surface area contributed by atoms with Crippen LogP contribution in [0.15, 0.2) is 30.3 Å². The van der Waals surface area contributed by atoms with Gasteiger partial charge in [0.15, 0.2) is 0 Å². The molecule has 1 N–H and O–H groups in total. The molecule has 1 rings (SSSR count). The first kappa shape index (κ1) is 5.88. The van der Waals surface area contributed by atoms with Crippen LogP contribution in [0.3, 0.4) is 0 Å². The third-order valence-electron chi connectivity index (χ3n) is 0.883. The second kappa shape index (κ2) is 2.91. The van der Waals surface area contributed by atoms with Gasteiger partial charge in [-0.15, -0.1) is 0 Å². The molecule has 0 atom stereocenters. The third kappa shape index (κ3) is 1.36. The van der Waals surface area contributed by atoms with Crippen molar-refractivity contribution in [2.24, 2.45) is 0 Å². The lowest BCUT2D eigenvalue weighted by molar-refractivity contribution is 1.70. The van der Waals surface area contributed by atoms with Crippen molar-refractivity contribution in [2.75, 3.05) is 3.53 Å². The van der Waals surface area contributed by atoms with Gasteiger partial charge in [0.2, 0.25) is 0 Å². The van der Waals surface area contributed by atoms with Crippen LogP contribution in [-0.4, -0.2) is 0 Å². The number of para-hydroxylation sites is 1. The molecule has 0 saturated carbocycles. The first-order valence-electron chi connectivity index (χ1n) is 2.35. The molecule has 0 aliphatic carbocycles. The van der Waals surface area contributed by atoms with Crippen LogP contribution in [0.2, 0.25) is 0 Å². The molecule has 0 bridgehead atoms. The largest absolute Gasteiger partial charge is 0.328 e. The van der Waals surface area contributed by atoms with Gasteiger partial charge < -0.3 is 3.53 Å². The Balaban J connectivity index is 2.83. The summed E-state index contributed by atoms with van der Waals surface area (Å²) in [7, 11) is 0. The van der Waals surface area contributed by atoms with Crippen molar-refractivity contribution in [3.05, 3.63) is 30.3 Å². The highest BCUT2D eigenvalue weighted by atomic mass is 127. The summed E-state index contributed by atoms with van der Waals surface area (Å²) in [5.41, 5.74) is 1.15. The van der Waals surface area contributed by atoms with E-state index in [1.165, 1.54) is 0 Å². The molecule has 0 radical (unpaired) electrons. The van der Waals surface area contributed by atoms with E-state index in [4.69, 9.17) is 0 Å². The molecule has 8 heavy (non-hydrogen) atoms. The Bertz CT molecular complexity index is 150. The molecule has 42 valence electrons. The molecule has 1 aromatic carbocycles.